The molecular weight excluding hydrogens is 290 g/mol. The lowest BCUT2D eigenvalue weighted by Crippen LogP contribution is -2.22. The molecule has 0 saturated carbocycles. The molecule has 6 heteroatoms. The molecule has 116 valence electrons. The van der Waals surface area contributed by atoms with E-state index in [0.29, 0.717) is 11.3 Å². The number of aliphatic hydroxyl groups is 1. The van der Waals surface area contributed by atoms with Crippen LogP contribution in [0.3, 0.4) is 0 Å². The molecule has 0 saturated heterocycles. The number of nitrogens with one attached hydrogen (secondary N) is 1. The number of benzene rings is 1. The zero-order chi connectivity index (χ0) is 15.9. The lowest BCUT2D eigenvalue weighted by molar-refractivity contribution is 0.0913. The Bertz CT molecular complexity index is 627. The number of anilines is 1. The van der Waals surface area contributed by atoms with E-state index in [1.54, 1.807) is 18.2 Å². The Hall–Kier alpha value is -1.55. The molecule has 21 heavy (non-hydrogen) atoms. The van der Waals surface area contributed by atoms with Gasteiger partial charge in [-0.1, -0.05) is 17.9 Å². The molecule has 0 heterocycles. The maximum atomic E-state index is 12.0. The van der Waals surface area contributed by atoms with Gasteiger partial charge in [-0.25, -0.2) is 8.42 Å². The Morgan fingerprint density at radius 1 is 1.38 bits per heavy atom. The first kappa shape index (κ1) is 17.5. The zero-order valence-electron chi connectivity index (χ0n) is 12.5. The second-order valence-electron chi connectivity index (χ2n) is 4.85. The molecule has 0 aliphatic rings. The van der Waals surface area contributed by atoms with Crippen LogP contribution in [-0.4, -0.2) is 38.6 Å². The van der Waals surface area contributed by atoms with Gasteiger partial charge >= 0.3 is 0 Å². The van der Waals surface area contributed by atoms with Crippen molar-refractivity contribution in [1.82, 2.24) is 0 Å². The van der Waals surface area contributed by atoms with Gasteiger partial charge in [0.05, 0.1) is 24.2 Å². The quantitative estimate of drug-likeness (QED) is 0.781. The molecule has 0 bridgehead atoms. The lowest BCUT2D eigenvalue weighted by atomic mass is 10.1. The van der Waals surface area contributed by atoms with Crippen molar-refractivity contribution in [2.45, 2.75) is 26.9 Å². The molecule has 5 nitrogen and oxygen atoms in total. The van der Waals surface area contributed by atoms with Crippen molar-refractivity contribution in [3.63, 3.8) is 0 Å². The van der Waals surface area contributed by atoms with E-state index in [0.717, 1.165) is 5.56 Å². The van der Waals surface area contributed by atoms with Gasteiger partial charge in [-0.15, -0.1) is 0 Å². The monoisotopic (exact) mass is 311 g/mol. The first-order valence-electron chi connectivity index (χ1n) is 6.66. The second kappa shape index (κ2) is 8.03. The minimum atomic E-state index is -3.50. The fraction of sp³-hybridized carbons (Fsp3) is 0.467. The number of hydrogen-bond acceptors (Lipinski definition) is 4. The smallest absolute Gasteiger partial charge is 0.235 e. The molecule has 2 N–H and O–H groups in total. The van der Waals surface area contributed by atoms with Crippen LogP contribution in [-0.2, 0) is 14.8 Å². The molecule has 0 atom stereocenters. The summed E-state index contributed by atoms with van der Waals surface area (Å²) < 4.78 is 31.8. The predicted molar refractivity (Wildman–Crippen MR) is 83.6 cm³/mol. The van der Waals surface area contributed by atoms with Gasteiger partial charge in [0.1, 0.15) is 6.61 Å². The summed E-state index contributed by atoms with van der Waals surface area (Å²) in [6, 6.07) is 5.23. The van der Waals surface area contributed by atoms with E-state index < -0.39 is 10.0 Å². The Balaban J connectivity index is 2.86. The third-order valence-corrected chi connectivity index (χ3v) is 3.78. The molecule has 1 aromatic rings. The van der Waals surface area contributed by atoms with E-state index in [9.17, 15) is 8.42 Å². The van der Waals surface area contributed by atoms with Gasteiger partial charge in [0.25, 0.3) is 0 Å². The number of aliphatic hydroxyl groups excluding tert-OH is 1. The molecule has 0 spiro atoms. The number of sulfonamides is 1. The van der Waals surface area contributed by atoms with E-state index in [1.165, 1.54) is 0 Å². The highest BCUT2D eigenvalue weighted by molar-refractivity contribution is 7.92. The summed E-state index contributed by atoms with van der Waals surface area (Å²) in [4.78, 5) is 0. The molecule has 0 aliphatic carbocycles. The van der Waals surface area contributed by atoms with Gasteiger partial charge in [0, 0.05) is 5.56 Å². The lowest BCUT2D eigenvalue weighted by Gasteiger charge is -2.12. The summed E-state index contributed by atoms with van der Waals surface area (Å²) in [7, 11) is -3.50. The first-order valence-corrected chi connectivity index (χ1v) is 8.32. The van der Waals surface area contributed by atoms with Crippen LogP contribution in [0.4, 0.5) is 5.69 Å². The van der Waals surface area contributed by atoms with Crippen LogP contribution in [0.5, 0.6) is 0 Å². The molecule has 0 amide bonds. The summed E-state index contributed by atoms with van der Waals surface area (Å²) in [6.45, 7) is 5.45. The molecule has 0 aromatic heterocycles. The van der Waals surface area contributed by atoms with Crippen LogP contribution in [0.2, 0.25) is 0 Å². The zero-order valence-corrected chi connectivity index (χ0v) is 13.3. The second-order valence-corrected chi connectivity index (χ2v) is 6.69. The van der Waals surface area contributed by atoms with Gasteiger partial charge in [0.15, 0.2) is 0 Å². The minimum absolute atomic E-state index is 0.00874. The highest BCUT2D eigenvalue weighted by Crippen LogP contribution is 2.18. The SMILES string of the molecule is Cc1ccc(NS(=O)(=O)CCOC(C)C)c(C#CCO)c1. The maximum Gasteiger partial charge on any atom is 0.235 e. The number of aryl methyl sites for hydroxylation is 1. The van der Waals surface area contributed by atoms with Gasteiger partial charge in [-0.3, -0.25) is 4.72 Å². The van der Waals surface area contributed by atoms with E-state index in [4.69, 9.17) is 9.84 Å². The van der Waals surface area contributed by atoms with Crippen LogP contribution in [0.15, 0.2) is 18.2 Å². The van der Waals surface area contributed by atoms with Crippen LogP contribution in [0, 0.1) is 18.8 Å². The third-order valence-electron chi connectivity index (χ3n) is 2.55. The summed E-state index contributed by atoms with van der Waals surface area (Å²) in [6.07, 6.45) is -0.00874. The summed E-state index contributed by atoms with van der Waals surface area (Å²) in [5.41, 5.74) is 1.91. The highest BCUT2D eigenvalue weighted by Gasteiger charge is 2.13. The molecule has 1 aromatic carbocycles. The largest absolute Gasteiger partial charge is 0.384 e. The molecule has 0 unspecified atom stereocenters. The van der Waals surface area contributed by atoms with Crippen LogP contribution in [0.1, 0.15) is 25.0 Å². The predicted octanol–water partition coefficient (Wildman–Crippen LogP) is 1.51. The van der Waals surface area contributed by atoms with E-state index in [2.05, 4.69) is 16.6 Å². The fourth-order valence-electron chi connectivity index (χ4n) is 1.60. The molecular formula is C15H21NO4S. The number of hydrogen-bond donors (Lipinski definition) is 2. The van der Waals surface area contributed by atoms with Crippen molar-refractivity contribution in [3.05, 3.63) is 29.3 Å². The number of rotatable bonds is 6. The Labute approximate surface area is 126 Å². The van der Waals surface area contributed by atoms with Crippen molar-refractivity contribution in [3.8, 4) is 11.8 Å². The summed E-state index contributed by atoms with van der Waals surface area (Å²) >= 11 is 0. The van der Waals surface area contributed by atoms with Gasteiger partial charge in [-0.2, -0.15) is 0 Å². The third kappa shape index (κ3) is 6.63. The minimum Gasteiger partial charge on any atom is -0.384 e. The van der Waals surface area contributed by atoms with Crippen molar-refractivity contribution >= 4 is 15.7 Å². The normalized spacial score (nSPS) is 11.1. The van der Waals surface area contributed by atoms with Gasteiger partial charge < -0.3 is 9.84 Å². The molecule has 0 radical (unpaired) electrons. The van der Waals surface area contributed by atoms with Crippen LogP contribution >= 0.6 is 0 Å². The number of ether oxygens (including phenoxy) is 1. The van der Waals surface area contributed by atoms with Crippen molar-refractivity contribution in [2.24, 2.45) is 0 Å². The standard InChI is InChI=1S/C15H21NO4S/c1-12(2)20-9-10-21(18,19)16-15-7-6-13(3)11-14(15)5-4-8-17/h6-7,11-12,16-17H,8-10H2,1-3H3. The molecule has 0 fully saturated rings. The average Bonchev–Trinajstić information content (AvgIpc) is 2.38. The topological polar surface area (TPSA) is 75.6 Å². The van der Waals surface area contributed by atoms with Gasteiger partial charge in [-0.05, 0) is 38.5 Å². The highest BCUT2D eigenvalue weighted by atomic mass is 32.2. The van der Waals surface area contributed by atoms with Crippen LogP contribution < -0.4 is 4.72 Å². The van der Waals surface area contributed by atoms with Crippen molar-refractivity contribution < 1.29 is 18.3 Å². The Morgan fingerprint density at radius 3 is 2.71 bits per heavy atom. The summed E-state index contributed by atoms with van der Waals surface area (Å²) in [5, 5.41) is 8.76. The van der Waals surface area contributed by atoms with E-state index in [1.807, 2.05) is 20.8 Å². The Morgan fingerprint density at radius 2 is 2.10 bits per heavy atom. The van der Waals surface area contributed by atoms with E-state index in [-0.39, 0.29) is 25.1 Å². The Kier molecular flexibility index (Phi) is 6.69. The van der Waals surface area contributed by atoms with Crippen molar-refractivity contribution in [1.29, 1.82) is 0 Å². The molecule has 1 rings (SSSR count). The first-order chi connectivity index (χ1) is 9.84. The van der Waals surface area contributed by atoms with E-state index >= 15 is 0 Å². The fourth-order valence-corrected chi connectivity index (χ4v) is 2.53. The van der Waals surface area contributed by atoms with Gasteiger partial charge in [0.2, 0.25) is 10.0 Å². The summed E-state index contributed by atoms with van der Waals surface area (Å²) in [5.74, 6) is 5.15. The van der Waals surface area contributed by atoms with Crippen LogP contribution in [0.25, 0.3) is 0 Å². The average molecular weight is 311 g/mol. The maximum absolute atomic E-state index is 12.0. The molecule has 0 aliphatic heterocycles. The van der Waals surface area contributed by atoms with Crippen molar-refractivity contribution in [2.75, 3.05) is 23.7 Å².